The van der Waals surface area contributed by atoms with Crippen LogP contribution in [-0.4, -0.2) is 30.3 Å². The summed E-state index contributed by atoms with van der Waals surface area (Å²) in [5, 5.41) is 14.6. The van der Waals surface area contributed by atoms with Gasteiger partial charge in [-0.25, -0.2) is 4.79 Å². The first-order valence-corrected chi connectivity index (χ1v) is 6.28. The molecule has 0 radical (unpaired) electrons. The summed E-state index contributed by atoms with van der Waals surface area (Å²) < 4.78 is 0. The van der Waals surface area contributed by atoms with Gasteiger partial charge in [-0.1, -0.05) is 26.2 Å². The van der Waals surface area contributed by atoms with E-state index >= 15 is 0 Å². The third-order valence-electron chi connectivity index (χ3n) is 3.56. The van der Waals surface area contributed by atoms with Gasteiger partial charge in [0.1, 0.15) is 0 Å². The maximum atomic E-state index is 11.5. The van der Waals surface area contributed by atoms with Crippen LogP contribution in [0.25, 0.3) is 0 Å². The van der Waals surface area contributed by atoms with Gasteiger partial charge in [0.25, 0.3) is 0 Å². The maximum Gasteiger partial charge on any atom is 0.315 e. The van der Waals surface area contributed by atoms with E-state index in [2.05, 4.69) is 10.6 Å². The minimum absolute atomic E-state index is 0.00806. The first-order valence-electron chi connectivity index (χ1n) is 6.28. The molecule has 0 heterocycles. The molecule has 0 bridgehead atoms. The van der Waals surface area contributed by atoms with Crippen LogP contribution in [-0.2, 0) is 0 Å². The average molecular weight is 228 g/mol. The van der Waals surface area contributed by atoms with Gasteiger partial charge in [-0.3, -0.25) is 0 Å². The summed E-state index contributed by atoms with van der Waals surface area (Å²) in [7, 11) is 0. The Morgan fingerprint density at radius 3 is 2.62 bits per heavy atom. The molecule has 0 aromatic carbocycles. The van der Waals surface area contributed by atoms with Crippen molar-refractivity contribution in [1.29, 1.82) is 0 Å². The number of urea groups is 1. The summed E-state index contributed by atoms with van der Waals surface area (Å²) in [5.41, 5.74) is 0. The van der Waals surface area contributed by atoms with Gasteiger partial charge in [-0.2, -0.15) is 0 Å². The van der Waals surface area contributed by atoms with Crippen molar-refractivity contribution in [3.8, 4) is 0 Å². The van der Waals surface area contributed by atoms with Crippen LogP contribution in [0.3, 0.4) is 0 Å². The highest BCUT2D eigenvalue weighted by molar-refractivity contribution is 5.74. The third-order valence-corrected chi connectivity index (χ3v) is 3.56. The molecule has 1 fully saturated rings. The van der Waals surface area contributed by atoms with Gasteiger partial charge >= 0.3 is 6.03 Å². The Labute approximate surface area is 97.8 Å². The lowest BCUT2D eigenvalue weighted by Crippen LogP contribution is -2.44. The molecule has 1 aliphatic carbocycles. The van der Waals surface area contributed by atoms with E-state index in [-0.39, 0.29) is 24.6 Å². The number of hydrogen-bond acceptors (Lipinski definition) is 2. The molecular weight excluding hydrogens is 204 g/mol. The smallest absolute Gasteiger partial charge is 0.315 e. The Hall–Kier alpha value is -0.770. The number of aliphatic hydroxyl groups excluding tert-OH is 1. The summed E-state index contributed by atoms with van der Waals surface area (Å²) in [4.78, 5) is 11.5. The minimum atomic E-state index is -0.118. The standard InChI is InChI=1S/C12H24N2O2/c1-9(8-15)10(2)14-12(16)13-7-6-11-4-3-5-11/h9-11,15H,3-8H2,1-2H3,(H2,13,14,16). The second kappa shape index (κ2) is 6.74. The lowest BCUT2D eigenvalue weighted by Gasteiger charge is -2.25. The molecule has 0 aliphatic heterocycles. The van der Waals surface area contributed by atoms with Crippen molar-refractivity contribution in [2.24, 2.45) is 11.8 Å². The molecule has 1 aliphatic rings. The Balaban J connectivity index is 2.05. The number of aliphatic hydroxyl groups is 1. The van der Waals surface area contributed by atoms with Crippen LogP contribution in [0.1, 0.15) is 39.5 Å². The molecule has 0 aromatic heterocycles. The van der Waals surface area contributed by atoms with Crippen molar-refractivity contribution in [3.63, 3.8) is 0 Å². The fourth-order valence-electron chi connectivity index (χ4n) is 1.73. The quantitative estimate of drug-likeness (QED) is 0.645. The average Bonchev–Trinajstić information content (AvgIpc) is 2.20. The van der Waals surface area contributed by atoms with E-state index in [9.17, 15) is 4.79 Å². The van der Waals surface area contributed by atoms with E-state index < -0.39 is 0 Å². The van der Waals surface area contributed by atoms with Crippen molar-refractivity contribution in [1.82, 2.24) is 10.6 Å². The van der Waals surface area contributed by atoms with Gasteiger partial charge in [0.05, 0.1) is 0 Å². The predicted molar refractivity (Wildman–Crippen MR) is 64.2 cm³/mol. The van der Waals surface area contributed by atoms with Gasteiger partial charge in [0.15, 0.2) is 0 Å². The number of carbonyl (C=O) groups is 1. The largest absolute Gasteiger partial charge is 0.396 e. The molecule has 4 heteroatoms. The molecule has 0 spiro atoms. The zero-order valence-corrected chi connectivity index (χ0v) is 10.3. The summed E-state index contributed by atoms with van der Waals surface area (Å²) in [6, 6.07) is -0.110. The highest BCUT2D eigenvalue weighted by atomic mass is 16.3. The molecule has 3 N–H and O–H groups in total. The third kappa shape index (κ3) is 4.39. The van der Waals surface area contributed by atoms with Crippen molar-refractivity contribution < 1.29 is 9.90 Å². The SMILES string of the molecule is CC(CO)C(C)NC(=O)NCCC1CCC1. The number of carbonyl (C=O) groups excluding carboxylic acids is 1. The monoisotopic (exact) mass is 228 g/mol. The maximum absolute atomic E-state index is 11.5. The zero-order valence-electron chi connectivity index (χ0n) is 10.3. The van der Waals surface area contributed by atoms with Crippen LogP contribution in [0.2, 0.25) is 0 Å². The molecule has 94 valence electrons. The molecule has 1 rings (SSSR count). The van der Waals surface area contributed by atoms with Crippen LogP contribution in [0.15, 0.2) is 0 Å². The first kappa shape index (κ1) is 13.3. The topological polar surface area (TPSA) is 61.4 Å². The summed E-state index contributed by atoms with van der Waals surface area (Å²) in [6.45, 7) is 4.69. The normalized spacial score (nSPS) is 19.7. The van der Waals surface area contributed by atoms with Crippen LogP contribution >= 0.6 is 0 Å². The van der Waals surface area contributed by atoms with E-state index in [1.165, 1.54) is 19.3 Å². The van der Waals surface area contributed by atoms with E-state index in [4.69, 9.17) is 5.11 Å². The van der Waals surface area contributed by atoms with Crippen molar-refractivity contribution in [3.05, 3.63) is 0 Å². The Morgan fingerprint density at radius 1 is 1.44 bits per heavy atom. The van der Waals surface area contributed by atoms with Gasteiger partial charge in [0.2, 0.25) is 0 Å². The molecule has 0 saturated heterocycles. The van der Waals surface area contributed by atoms with Crippen LogP contribution in [0.4, 0.5) is 4.79 Å². The van der Waals surface area contributed by atoms with Gasteiger partial charge < -0.3 is 15.7 Å². The highest BCUT2D eigenvalue weighted by Gasteiger charge is 2.17. The molecule has 4 nitrogen and oxygen atoms in total. The predicted octanol–water partition coefficient (Wildman–Crippen LogP) is 1.49. The van der Waals surface area contributed by atoms with E-state index in [0.717, 1.165) is 18.9 Å². The second-order valence-electron chi connectivity index (χ2n) is 4.93. The number of amides is 2. The van der Waals surface area contributed by atoms with Crippen molar-refractivity contribution >= 4 is 6.03 Å². The summed E-state index contributed by atoms with van der Waals surface area (Å²) in [6.07, 6.45) is 5.09. The number of hydrogen-bond donors (Lipinski definition) is 3. The lowest BCUT2D eigenvalue weighted by atomic mass is 9.83. The molecule has 2 amide bonds. The molecule has 2 atom stereocenters. The van der Waals surface area contributed by atoms with Crippen molar-refractivity contribution in [2.75, 3.05) is 13.2 Å². The fourth-order valence-corrected chi connectivity index (χ4v) is 1.73. The van der Waals surface area contributed by atoms with Crippen LogP contribution < -0.4 is 10.6 Å². The summed E-state index contributed by atoms with van der Waals surface area (Å²) >= 11 is 0. The molecule has 0 aromatic rings. The van der Waals surface area contributed by atoms with Gasteiger partial charge in [-0.05, 0) is 25.2 Å². The first-order chi connectivity index (χ1) is 7.63. The van der Waals surface area contributed by atoms with Crippen LogP contribution in [0, 0.1) is 11.8 Å². The van der Waals surface area contributed by atoms with E-state index in [1.54, 1.807) is 0 Å². The molecule has 16 heavy (non-hydrogen) atoms. The van der Waals surface area contributed by atoms with Crippen LogP contribution in [0.5, 0.6) is 0 Å². The number of nitrogens with one attached hydrogen (secondary N) is 2. The molecule has 2 unspecified atom stereocenters. The Kier molecular flexibility index (Phi) is 5.60. The Morgan fingerprint density at radius 2 is 2.12 bits per heavy atom. The number of rotatable bonds is 6. The minimum Gasteiger partial charge on any atom is -0.396 e. The molecular formula is C12H24N2O2. The van der Waals surface area contributed by atoms with Crippen molar-refractivity contribution in [2.45, 2.75) is 45.6 Å². The fraction of sp³-hybridized carbons (Fsp3) is 0.917. The lowest BCUT2D eigenvalue weighted by molar-refractivity contribution is 0.199. The van der Waals surface area contributed by atoms with Gasteiger partial charge in [0, 0.05) is 19.2 Å². The second-order valence-corrected chi connectivity index (χ2v) is 4.93. The van der Waals surface area contributed by atoms with Gasteiger partial charge in [-0.15, -0.1) is 0 Å². The zero-order chi connectivity index (χ0) is 12.0. The Bertz CT molecular complexity index is 217. The molecule has 1 saturated carbocycles. The summed E-state index contributed by atoms with van der Waals surface area (Å²) in [5.74, 6) is 0.923. The highest BCUT2D eigenvalue weighted by Crippen LogP contribution is 2.28. The van der Waals surface area contributed by atoms with E-state index in [1.807, 2.05) is 13.8 Å². The van der Waals surface area contributed by atoms with E-state index in [0.29, 0.717) is 0 Å².